The van der Waals surface area contributed by atoms with Crippen molar-refractivity contribution in [3.8, 4) is 0 Å². The van der Waals surface area contributed by atoms with Crippen molar-refractivity contribution in [3.63, 3.8) is 0 Å². The van der Waals surface area contributed by atoms with Crippen LogP contribution in [0.2, 0.25) is 0 Å². The van der Waals surface area contributed by atoms with Crippen LogP contribution in [-0.2, 0) is 9.59 Å². The first-order chi connectivity index (χ1) is 12.8. The quantitative estimate of drug-likeness (QED) is 0.781. The highest BCUT2D eigenvalue weighted by atomic mass is 19.1. The van der Waals surface area contributed by atoms with Gasteiger partial charge < -0.3 is 15.1 Å². The van der Waals surface area contributed by atoms with Crippen molar-refractivity contribution in [3.05, 3.63) is 59.4 Å². The molecule has 2 aromatic rings. The number of carbonyl (C=O) groups is 2. The summed E-state index contributed by atoms with van der Waals surface area (Å²) in [7, 11) is 1.81. The van der Waals surface area contributed by atoms with E-state index in [-0.39, 0.29) is 30.7 Å². The Labute approximate surface area is 159 Å². The van der Waals surface area contributed by atoms with Gasteiger partial charge in [-0.2, -0.15) is 0 Å². The number of likely N-dealkylation sites (N-methyl/N-ethyl adjacent to an activating group) is 2. The Hall–Kier alpha value is -2.73. The summed E-state index contributed by atoms with van der Waals surface area (Å²) in [5.74, 6) is -0.586. The van der Waals surface area contributed by atoms with Gasteiger partial charge in [0, 0.05) is 17.9 Å². The highest BCUT2D eigenvalue weighted by molar-refractivity contribution is 5.95. The number of nitrogens with zero attached hydrogens (tertiary/aromatic N) is 1. The lowest BCUT2D eigenvalue weighted by atomic mass is 10.1. The van der Waals surface area contributed by atoms with Gasteiger partial charge in [0.1, 0.15) is 5.82 Å². The normalized spacial score (nSPS) is 11.7. The molecule has 2 amide bonds. The van der Waals surface area contributed by atoms with Crippen LogP contribution in [0.5, 0.6) is 0 Å². The third-order valence-electron chi connectivity index (χ3n) is 4.42. The van der Waals surface area contributed by atoms with Crippen LogP contribution in [0, 0.1) is 19.7 Å². The molecule has 1 atom stereocenters. The monoisotopic (exact) mass is 372 g/mol. The van der Waals surface area contributed by atoms with Crippen molar-refractivity contribution in [1.82, 2.24) is 0 Å². The van der Waals surface area contributed by atoms with Crippen molar-refractivity contribution in [2.24, 2.45) is 0 Å². The lowest BCUT2D eigenvalue weighted by Gasteiger charge is -2.23. The highest BCUT2D eigenvalue weighted by Crippen LogP contribution is 2.19. The predicted octanol–water partition coefficient (Wildman–Crippen LogP) is 1.95. The predicted molar refractivity (Wildman–Crippen MR) is 106 cm³/mol. The molecule has 0 saturated heterocycles. The van der Waals surface area contributed by atoms with Crippen LogP contribution in [0.3, 0.4) is 0 Å². The second-order valence-corrected chi connectivity index (χ2v) is 6.74. The molecule has 0 aliphatic carbocycles. The van der Waals surface area contributed by atoms with Crippen LogP contribution >= 0.6 is 0 Å². The van der Waals surface area contributed by atoms with Crippen LogP contribution in [0.15, 0.2) is 42.5 Å². The molecule has 2 aromatic carbocycles. The van der Waals surface area contributed by atoms with Gasteiger partial charge in [-0.1, -0.05) is 18.2 Å². The van der Waals surface area contributed by atoms with Crippen molar-refractivity contribution in [2.45, 2.75) is 20.8 Å². The molecule has 2 N–H and O–H groups in total. The van der Waals surface area contributed by atoms with Gasteiger partial charge in [0.2, 0.25) is 0 Å². The summed E-state index contributed by atoms with van der Waals surface area (Å²) in [6, 6.07) is 11.7. The van der Waals surface area contributed by atoms with Crippen LogP contribution in [0.25, 0.3) is 0 Å². The molecule has 0 aromatic heterocycles. The van der Waals surface area contributed by atoms with Gasteiger partial charge in [-0.05, 0) is 56.2 Å². The van der Waals surface area contributed by atoms with E-state index < -0.39 is 0 Å². The maximum atomic E-state index is 13.1. The number of anilines is 2. The minimum Gasteiger partial charge on any atom is -0.322 e. The van der Waals surface area contributed by atoms with E-state index in [1.54, 1.807) is 24.1 Å². The van der Waals surface area contributed by atoms with E-state index in [9.17, 15) is 14.0 Å². The number of quaternary nitrogens is 1. The van der Waals surface area contributed by atoms with E-state index in [1.165, 1.54) is 12.1 Å². The van der Waals surface area contributed by atoms with Crippen molar-refractivity contribution in [1.29, 1.82) is 0 Å². The molecule has 2 rings (SSSR count). The first-order valence-corrected chi connectivity index (χ1v) is 9.05. The van der Waals surface area contributed by atoms with Gasteiger partial charge in [0.05, 0.1) is 7.05 Å². The number of hydrogen-bond acceptors (Lipinski definition) is 2. The van der Waals surface area contributed by atoms with Crippen molar-refractivity contribution in [2.75, 3.05) is 36.9 Å². The fourth-order valence-corrected chi connectivity index (χ4v) is 3.01. The third-order valence-corrected chi connectivity index (χ3v) is 4.42. The molecule has 0 heterocycles. The first kappa shape index (κ1) is 20.6. The number of aryl methyl sites for hydroxylation is 2. The summed E-state index contributed by atoms with van der Waals surface area (Å²) in [6.45, 7) is 6.59. The van der Waals surface area contributed by atoms with Gasteiger partial charge in [-0.25, -0.2) is 4.39 Å². The maximum Gasteiger partial charge on any atom is 0.282 e. The Morgan fingerprint density at radius 1 is 1.04 bits per heavy atom. The zero-order chi connectivity index (χ0) is 20.0. The summed E-state index contributed by atoms with van der Waals surface area (Å²) in [5.41, 5.74) is 3.48. The summed E-state index contributed by atoms with van der Waals surface area (Å²) in [6.07, 6.45) is 0. The number of para-hydroxylation sites is 1. The van der Waals surface area contributed by atoms with E-state index in [0.29, 0.717) is 12.2 Å². The van der Waals surface area contributed by atoms with Gasteiger partial charge in [-0.15, -0.1) is 0 Å². The molecular weight excluding hydrogens is 345 g/mol. The van der Waals surface area contributed by atoms with Crippen molar-refractivity contribution >= 4 is 23.2 Å². The van der Waals surface area contributed by atoms with Gasteiger partial charge in [0.15, 0.2) is 13.1 Å². The Morgan fingerprint density at radius 2 is 1.63 bits per heavy atom. The molecule has 0 fully saturated rings. The second kappa shape index (κ2) is 9.28. The lowest BCUT2D eigenvalue weighted by Crippen LogP contribution is -3.11. The number of amides is 2. The Morgan fingerprint density at radius 3 is 2.19 bits per heavy atom. The maximum absolute atomic E-state index is 13.1. The first-order valence-electron chi connectivity index (χ1n) is 9.05. The molecule has 0 radical (unpaired) electrons. The average Bonchev–Trinajstić information content (AvgIpc) is 2.60. The number of hydrogen-bond donors (Lipinski definition) is 2. The average molecular weight is 372 g/mol. The Kier molecular flexibility index (Phi) is 7.07. The van der Waals surface area contributed by atoms with Crippen LogP contribution in [0.1, 0.15) is 18.1 Å². The minimum absolute atomic E-state index is 0.110. The SMILES string of the molecule is CCN(C(=O)C[NH+](C)CC(=O)Nc1c(C)cccc1C)c1ccc(F)cc1. The molecule has 0 spiro atoms. The van der Waals surface area contributed by atoms with Crippen molar-refractivity contribution < 1.29 is 18.9 Å². The molecule has 27 heavy (non-hydrogen) atoms. The number of nitrogens with one attached hydrogen (secondary N) is 2. The van der Waals surface area contributed by atoms with Gasteiger partial charge in [0.25, 0.3) is 11.8 Å². The van der Waals surface area contributed by atoms with Crippen LogP contribution < -0.4 is 15.1 Å². The molecule has 0 saturated carbocycles. The molecule has 0 bridgehead atoms. The van der Waals surface area contributed by atoms with E-state index in [2.05, 4.69) is 5.32 Å². The molecule has 144 valence electrons. The van der Waals surface area contributed by atoms with Gasteiger partial charge >= 0.3 is 0 Å². The Balaban J connectivity index is 1.95. The van der Waals surface area contributed by atoms with E-state index in [0.717, 1.165) is 21.7 Å². The highest BCUT2D eigenvalue weighted by Gasteiger charge is 2.20. The number of benzene rings is 2. The molecule has 5 nitrogen and oxygen atoms in total. The zero-order valence-corrected chi connectivity index (χ0v) is 16.3. The summed E-state index contributed by atoms with van der Waals surface area (Å²) in [4.78, 5) is 27.3. The standard InChI is InChI=1S/C21H26FN3O2/c1-5-25(18-11-9-17(22)10-12-18)20(27)14-24(4)13-19(26)23-21-15(2)7-6-8-16(21)3/h6-12H,5,13-14H2,1-4H3,(H,23,26)/p+1. The van der Waals surface area contributed by atoms with E-state index in [4.69, 9.17) is 0 Å². The number of halogens is 1. The van der Waals surface area contributed by atoms with Crippen LogP contribution in [-0.4, -0.2) is 38.5 Å². The third kappa shape index (κ3) is 5.62. The fraction of sp³-hybridized carbons (Fsp3) is 0.333. The molecule has 6 heteroatoms. The molecule has 0 aliphatic heterocycles. The summed E-state index contributed by atoms with van der Waals surface area (Å²) < 4.78 is 13.1. The molecular formula is C21H27FN3O2+. The summed E-state index contributed by atoms with van der Waals surface area (Å²) in [5, 5.41) is 2.94. The largest absolute Gasteiger partial charge is 0.322 e. The smallest absolute Gasteiger partial charge is 0.282 e. The van der Waals surface area contributed by atoms with Crippen LogP contribution in [0.4, 0.5) is 15.8 Å². The zero-order valence-electron chi connectivity index (χ0n) is 16.3. The topological polar surface area (TPSA) is 53.9 Å². The minimum atomic E-state index is -0.340. The Bertz CT molecular complexity index is 785. The number of carbonyl (C=O) groups excluding carboxylic acids is 2. The molecule has 0 aliphatic rings. The fourth-order valence-electron chi connectivity index (χ4n) is 3.01. The molecule has 1 unspecified atom stereocenters. The summed E-state index contributed by atoms with van der Waals surface area (Å²) >= 11 is 0. The lowest BCUT2D eigenvalue weighted by molar-refractivity contribution is -0.862. The number of rotatable bonds is 7. The second-order valence-electron chi connectivity index (χ2n) is 6.74. The van der Waals surface area contributed by atoms with E-state index in [1.807, 2.05) is 39.0 Å². The van der Waals surface area contributed by atoms with Gasteiger partial charge in [-0.3, -0.25) is 9.59 Å². The van der Waals surface area contributed by atoms with E-state index >= 15 is 0 Å².